The van der Waals surface area contributed by atoms with Crippen molar-refractivity contribution < 1.29 is 9.53 Å². The molecule has 1 aromatic heterocycles. The van der Waals surface area contributed by atoms with Crippen LogP contribution >= 0.6 is 11.8 Å². The average Bonchev–Trinajstić information content (AvgIpc) is 2.74. The average molecular weight is 425 g/mol. The van der Waals surface area contributed by atoms with E-state index in [0.717, 1.165) is 16.7 Å². The number of carbonyl (C=O) groups excluding carboxylic acids is 1. The lowest BCUT2D eigenvalue weighted by atomic mass is 10.0. The maximum absolute atomic E-state index is 13.1. The van der Waals surface area contributed by atoms with Crippen LogP contribution < -0.4 is 5.56 Å². The van der Waals surface area contributed by atoms with Crippen molar-refractivity contribution in [2.45, 2.75) is 51.1 Å². The molecule has 1 atom stereocenters. The normalized spacial score (nSPS) is 12.3. The Morgan fingerprint density at radius 2 is 1.97 bits per heavy atom. The van der Waals surface area contributed by atoms with Crippen LogP contribution in [0.2, 0.25) is 0 Å². The standard InChI is InChI=1S/C24H28N2O3S/c1-5-29-14-8-13-26-23(28)19-9-6-7-10-21(19)25-24(26)30-18(4)22(27)20-15-16(2)11-12-17(20)3/h6-7,9-12,15,18H,5,8,13-14H2,1-4H3. The second-order valence-corrected chi connectivity index (χ2v) is 8.67. The Bertz CT molecular complexity index is 1110. The zero-order valence-electron chi connectivity index (χ0n) is 18.0. The molecule has 5 nitrogen and oxygen atoms in total. The van der Waals surface area contributed by atoms with Crippen LogP contribution in [0, 0.1) is 13.8 Å². The molecule has 0 fully saturated rings. The highest BCUT2D eigenvalue weighted by Crippen LogP contribution is 2.26. The van der Waals surface area contributed by atoms with Gasteiger partial charge in [-0.15, -0.1) is 0 Å². The maximum Gasteiger partial charge on any atom is 0.262 e. The molecule has 0 spiro atoms. The van der Waals surface area contributed by atoms with Crippen molar-refractivity contribution in [2.75, 3.05) is 13.2 Å². The van der Waals surface area contributed by atoms with Crippen LogP contribution in [0.1, 0.15) is 41.8 Å². The molecule has 158 valence electrons. The fraction of sp³-hybridized carbons (Fsp3) is 0.375. The highest BCUT2D eigenvalue weighted by molar-refractivity contribution is 8.00. The van der Waals surface area contributed by atoms with Gasteiger partial charge in [-0.05, 0) is 57.9 Å². The first-order valence-corrected chi connectivity index (χ1v) is 11.2. The summed E-state index contributed by atoms with van der Waals surface area (Å²) in [5.74, 6) is 0.0458. The number of nitrogens with zero attached hydrogens (tertiary/aromatic N) is 2. The predicted molar refractivity (Wildman–Crippen MR) is 123 cm³/mol. The number of rotatable bonds is 9. The molecule has 0 aliphatic carbocycles. The summed E-state index contributed by atoms with van der Waals surface area (Å²) in [5, 5.41) is 0.796. The van der Waals surface area contributed by atoms with Gasteiger partial charge in [-0.25, -0.2) is 4.98 Å². The van der Waals surface area contributed by atoms with E-state index in [1.807, 2.05) is 64.1 Å². The van der Waals surface area contributed by atoms with E-state index in [1.165, 1.54) is 11.8 Å². The molecule has 0 aliphatic rings. The third-order valence-electron chi connectivity index (χ3n) is 5.01. The van der Waals surface area contributed by atoms with Crippen LogP contribution in [0.4, 0.5) is 0 Å². The molecule has 6 heteroatoms. The Morgan fingerprint density at radius 3 is 2.73 bits per heavy atom. The highest BCUT2D eigenvalue weighted by Gasteiger charge is 2.22. The lowest BCUT2D eigenvalue weighted by molar-refractivity contribution is 0.0993. The van der Waals surface area contributed by atoms with E-state index in [2.05, 4.69) is 0 Å². The summed E-state index contributed by atoms with van der Waals surface area (Å²) < 4.78 is 7.11. The highest BCUT2D eigenvalue weighted by atomic mass is 32.2. The van der Waals surface area contributed by atoms with Crippen molar-refractivity contribution in [1.29, 1.82) is 0 Å². The molecule has 1 heterocycles. The number of hydrogen-bond donors (Lipinski definition) is 0. The van der Waals surface area contributed by atoms with Crippen molar-refractivity contribution in [3.8, 4) is 0 Å². The van der Waals surface area contributed by atoms with Gasteiger partial charge in [0, 0.05) is 25.3 Å². The zero-order chi connectivity index (χ0) is 21.7. The van der Waals surface area contributed by atoms with Gasteiger partial charge in [0.2, 0.25) is 0 Å². The van der Waals surface area contributed by atoms with Gasteiger partial charge < -0.3 is 4.74 Å². The molecule has 0 N–H and O–H groups in total. The van der Waals surface area contributed by atoms with Crippen molar-refractivity contribution in [3.63, 3.8) is 0 Å². The number of hydrogen-bond acceptors (Lipinski definition) is 5. The van der Waals surface area contributed by atoms with Crippen LogP contribution in [0.15, 0.2) is 52.4 Å². The SMILES string of the molecule is CCOCCCn1c(SC(C)C(=O)c2cc(C)ccc2C)nc2ccccc2c1=O. The summed E-state index contributed by atoms with van der Waals surface area (Å²) in [7, 11) is 0. The van der Waals surface area contributed by atoms with Crippen LogP contribution in [0.25, 0.3) is 10.9 Å². The number of aromatic nitrogens is 2. The van der Waals surface area contributed by atoms with Gasteiger partial charge in [0.25, 0.3) is 5.56 Å². The fourth-order valence-corrected chi connectivity index (χ4v) is 4.34. The molecule has 30 heavy (non-hydrogen) atoms. The first kappa shape index (κ1) is 22.2. The number of carbonyl (C=O) groups is 1. The van der Waals surface area contributed by atoms with Crippen molar-refractivity contribution in [2.24, 2.45) is 0 Å². The smallest absolute Gasteiger partial charge is 0.262 e. The van der Waals surface area contributed by atoms with Crippen molar-refractivity contribution >= 4 is 28.4 Å². The van der Waals surface area contributed by atoms with Gasteiger partial charge in [0.05, 0.1) is 16.2 Å². The summed E-state index contributed by atoms with van der Waals surface area (Å²) in [4.78, 5) is 31.0. The molecule has 0 aliphatic heterocycles. The van der Waals surface area contributed by atoms with Gasteiger partial charge in [0.15, 0.2) is 10.9 Å². The minimum absolute atomic E-state index is 0.0458. The fourth-order valence-electron chi connectivity index (χ4n) is 3.34. The minimum Gasteiger partial charge on any atom is -0.382 e. The summed E-state index contributed by atoms with van der Waals surface area (Å²) in [6.45, 7) is 9.48. The van der Waals surface area contributed by atoms with Gasteiger partial charge in [-0.1, -0.05) is 41.6 Å². The largest absolute Gasteiger partial charge is 0.382 e. The van der Waals surface area contributed by atoms with Crippen LogP contribution in [0.5, 0.6) is 0 Å². The van der Waals surface area contributed by atoms with E-state index in [0.29, 0.717) is 42.2 Å². The number of para-hydroxylation sites is 1. The number of aryl methyl sites for hydroxylation is 2. The molecule has 3 rings (SSSR count). The van der Waals surface area contributed by atoms with Crippen LogP contribution in [0.3, 0.4) is 0 Å². The van der Waals surface area contributed by atoms with E-state index >= 15 is 0 Å². The summed E-state index contributed by atoms with van der Waals surface area (Å²) >= 11 is 1.34. The number of thioether (sulfide) groups is 1. The second kappa shape index (κ2) is 10.0. The quantitative estimate of drug-likeness (QED) is 0.214. The monoisotopic (exact) mass is 424 g/mol. The number of fused-ring (bicyclic) bond motifs is 1. The molecule has 0 bridgehead atoms. The van der Waals surface area contributed by atoms with Gasteiger partial charge in [0.1, 0.15) is 0 Å². The van der Waals surface area contributed by atoms with Crippen molar-refractivity contribution in [1.82, 2.24) is 9.55 Å². The summed E-state index contributed by atoms with van der Waals surface area (Å²) in [6.07, 6.45) is 0.709. The van der Waals surface area contributed by atoms with Crippen LogP contribution in [-0.2, 0) is 11.3 Å². The van der Waals surface area contributed by atoms with E-state index in [-0.39, 0.29) is 16.6 Å². The molecule has 0 saturated heterocycles. The molecule has 2 aromatic carbocycles. The first-order chi connectivity index (χ1) is 14.4. The second-order valence-electron chi connectivity index (χ2n) is 7.36. The van der Waals surface area contributed by atoms with E-state index < -0.39 is 0 Å². The van der Waals surface area contributed by atoms with Crippen LogP contribution in [-0.4, -0.2) is 33.8 Å². The van der Waals surface area contributed by atoms with Crippen molar-refractivity contribution in [3.05, 3.63) is 69.5 Å². The summed E-state index contributed by atoms with van der Waals surface area (Å²) in [6, 6.07) is 13.2. The molecular weight excluding hydrogens is 396 g/mol. The summed E-state index contributed by atoms with van der Waals surface area (Å²) in [5.41, 5.74) is 3.31. The third kappa shape index (κ3) is 4.99. The van der Waals surface area contributed by atoms with Gasteiger partial charge in [-0.3, -0.25) is 14.2 Å². The van der Waals surface area contributed by atoms with E-state index in [1.54, 1.807) is 10.6 Å². The zero-order valence-corrected chi connectivity index (χ0v) is 18.8. The molecule has 0 radical (unpaired) electrons. The lowest BCUT2D eigenvalue weighted by Gasteiger charge is -2.17. The lowest BCUT2D eigenvalue weighted by Crippen LogP contribution is -2.26. The Labute approximate surface area is 181 Å². The molecular formula is C24H28N2O3S. The molecule has 3 aromatic rings. The Balaban J connectivity index is 1.94. The Kier molecular flexibility index (Phi) is 7.45. The Morgan fingerprint density at radius 1 is 1.20 bits per heavy atom. The molecule has 0 amide bonds. The number of benzene rings is 2. The molecule has 1 unspecified atom stereocenters. The number of ketones is 1. The van der Waals surface area contributed by atoms with E-state index in [9.17, 15) is 9.59 Å². The predicted octanol–water partition coefficient (Wildman–Crippen LogP) is 4.80. The third-order valence-corrected chi connectivity index (χ3v) is 6.10. The topological polar surface area (TPSA) is 61.2 Å². The van der Waals surface area contributed by atoms with Gasteiger partial charge in [-0.2, -0.15) is 0 Å². The first-order valence-electron chi connectivity index (χ1n) is 10.3. The number of ether oxygens (including phenoxy) is 1. The maximum atomic E-state index is 13.1. The molecule has 0 saturated carbocycles. The van der Waals surface area contributed by atoms with Gasteiger partial charge >= 0.3 is 0 Å². The van der Waals surface area contributed by atoms with E-state index in [4.69, 9.17) is 9.72 Å². The Hall–Kier alpha value is -2.44. The minimum atomic E-state index is -0.364. The number of Topliss-reactive ketones (excluding diaryl/α,β-unsaturated/α-hetero) is 1.